The van der Waals surface area contributed by atoms with Crippen LogP contribution in [0.1, 0.15) is 0 Å². The molecule has 0 saturated heterocycles. The van der Waals surface area contributed by atoms with Gasteiger partial charge in [-0.2, -0.15) is 0 Å². The van der Waals surface area contributed by atoms with E-state index in [1.807, 2.05) is 12.3 Å². The molecule has 3 N–H and O–H groups in total. The second-order valence-corrected chi connectivity index (χ2v) is 3.64. The van der Waals surface area contributed by atoms with Gasteiger partial charge in [0.15, 0.2) is 0 Å². The molecule has 12 heavy (non-hydrogen) atoms. The van der Waals surface area contributed by atoms with Crippen molar-refractivity contribution >= 4 is 23.5 Å². The Kier molecular flexibility index (Phi) is 2.14. The predicted octanol–water partition coefficient (Wildman–Crippen LogP) is -0.0713. The van der Waals surface area contributed by atoms with Crippen LogP contribution in [0.2, 0.25) is 0 Å². The molecule has 0 radical (unpaired) electrons. The van der Waals surface area contributed by atoms with Crippen molar-refractivity contribution in [3.05, 3.63) is 12.3 Å². The fourth-order valence-electron chi connectivity index (χ4n) is 1.16. The third-order valence-corrected chi connectivity index (χ3v) is 2.89. The largest absolute Gasteiger partial charge is 0.369 e. The smallest absolute Gasteiger partial charge is 0.134 e. The van der Waals surface area contributed by atoms with Crippen LogP contribution in [0.25, 0.3) is 0 Å². The van der Waals surface area contributed by atoms with Gasteiger partial charge < -0.3 is 11.1 Å². The SMILES string of the molecule is NC1N=CSC1C1N=CC=CN1. The minimum Gasteiger partial charge on any atom is -0.369 e. The first kappa shape index (κ1) is 7.82. The van der Waals surface area contributed by atoms with Gasteiger partial charge in [0.25, 0.3) is 0 Å². The van der Waals surface area contributed by atoms with Gasteiger partial charge in [-0.15, -0.1) is 11.8 Å². The number of rotatable bonds is 1. The third-order valence-electron chi connectivity index (χ3n) is 1.79. The monoisotopic (exact) mass is 182 g/mol. The van der Waals surface area contributed by atoms with E-state index in [4.69, 9.17) is 5.73 Å². The van der Waals surface area contributed by atoms with Gasteiger partial charge in [-0.3, -0.25) is 9.98 Å². The Morgan fingerprint density at radius 1 is 1.42 bits per heavy atom. The van der Waals surface area contributed by atoms with E-state index in [2.05, 4.69) is 15.3 Å². The van der Waals surface area contributed by atoms with Crippen LogP contribution in [-0.2, 0) is 0 Å². The fraction of sp³-hybridized carbons (Fsp3) is 0.429. The highest BCUT2D eigenvalue weighted by atomic mass is 32.2. The molecule has 0 saturated carbocycles. The number of hydrogen-bond acceptors (Lipinski definition) is 5. The Bertz CT molecular complexity index is 248. The van der Waals surface area contributed by atoms with Crippen LogP contribution >= 0.6 is 11.8 Å². The third kappa shape index (κ3) is 1.37. The predicted molar refractivity (Wildman–Crippen MR) is 52.4 cm³/mol. The van der Waals surface area contributed by atoms with Crippen molar-refractivity contribution in [2.75, 3.05) is 0 Å². The minimum atomic E-state index is -0.129. The van der Waals surface area contributed by atoms with Gasteiger partial charge in [0, 0.05) is 6.21 Å². The first-order valence-corrected chi connectivity index (χ1v) is 4.69. The molecule has 0 fully saturated rings. The quantitative estimate of drug-likeness (QED) is 0.596. The van der Waals surface area contributed by atoms with Crippen LogP contribution < -0.4 is 11.1 Å². The van der Waals surface area contributed by atoms with E-state index < -0.39 is 0 Å². The summed E-state index contributed by atoms with van der Waals surface area (Å²) in [5, 5.41) is 3.36. The molecule has 2 aliphatic rings. The van der Waals surface area contributed by atoms with Crippen molar-refractivity contribution in [2.45, 2.75) is 17.6 Å². The molecule has 0 aliphatic carbocycles. The van der Waals surface area contributed by atoms with E-state index in [0.29, 0.717) is 0 Å². The van der Waals surface area contributed by atoms with Crippen LogP contribution in [0.5, 0.6) is 0 Å². The lowest BCUT2D eigenvalue weighted by Gasteiger charge is -2.22. The molecular formula is C7H10N4S. The molecule has 2 rings (SSSR count). The first-order valence-electron chi connectivity index (χ1n) is 3.75. The Labute approximate surface area is 75.0 Å². The molecule has 0 aromatic carbocycles. The van der Waals surface area contributed by atoms with E-state index in [9.17, 15) is 0 Å². The molecule has 5 heteroatoms. The lowest BCUT2D eigenvalue weighted by atomic mass is 10.2. The molecular weight excluding hydrogens is 172 g/mol. The number of hydrogen-bond donors (Lipinski definition) is 2. The summed E-state index contributed by atoms with van der Waals surface area (Å²) in [6.45, 7) is 0. The van der Waals surface area contributed by atoms with Gasteiger partial charge in [-0.1, -0.05) is 0 Å². The number of aliphatic imine (C=N–C) groups is 2. The summed E-state index contributed by atoms with van der Waals surface area (Å²) >= 11 is 1.63. The second kappa shape index (κ2) is 3.28. The maximum Gasteiger partial charge on any atom is 0.134 e. The molecule has 0 bridgehead atoms. The van der Waals surface area contributed by atoms with Crippen molar-refractivity contribution in [1.82, 2.24) is 5.32 Å². The molecule has 0 amide bonds. The second-order valence-electron chi connectivity index (χ2n) is 2.61. The highest BCUT2D eigenvalue weighted by molar-refractivity contribution is 8.13. The number of allylic oxidation sites excluding steroid dienone is 1. The summed E-state index contributed by atoms with van der Waals surface area (Å²) in [4.78, 5) is 8.33. The van der Waals surface area contributed by atoms with Crippen LogP contribution in [-0.4, -0.2) is 29.3 Å². The summed E-state index contributed by atoms with van der Waals surface area (Å²) in [5.74, 6) is 0. The topological polar surface area (TPSA) is 62.8 Å². The molecule has 3 unspecified atom stereocenters. The van der Waals surface area contributed by atoms with E-state index in [-0.39, 0.29) is 17.6 Å². The molecule has 0 aromatic heterocycles. The Balaban J connectivity index is 2.01. The van der Waals surface area contributed by atoms with Gasteiger partial charge in [0.2, 0.25) is 0 Å². The van der Waals surface area contributed by atoms with Gasteiger partial charge in [0.1, 0.15) is 12.3 Å². The van der Waals surface area contributed by atoms with Crippen LogP contribution in [0, 0.1) is 0 Å². The van der Waals surface area contributed by atoms with Crippen LogP contribution in [0.3, 0.4) is 0 Å². The van der Waals surface area contributed by atoms with E-state index in [0.717, 1.165) is 0 Å². The average Bonchev–Trinajstić information content (AvgIpc) is 2.53. The lowest BCUT2D eigenvalue weighted by Crippen LogP contribution is -2.43. The Hall–Kier alpha value is -0.810. The lowest BCUT2D eigenvalue weighted by molar-refractivity contribution is 0.523. The van der Waals surface area contributed by atoms with Gasteiger partial charge in [0.05, 0.1) is 10.8 Å². The maximum absolute atomic E-state index is 5.75. The average molecular weight is 182 g/mol. The Morgan fingerprint density at radius 2 is 2.33 bits per heavy atom. The van der Waals surface area contributed by atoms with Crippen molar-refractivity contribution in [3.63, 3.8) is 0 Å². The molecule has 0 aromatic rings. The number of nitrogens with zero attached hydrogens (tertiary/aromatic N) is 2. The van der Waals surface area contributed by atoms with Crippen molar-refractivity contribution in [1.29, 1.82) is 0 Å². The van der Waals surface area contributed by atoms with E-state index >= 15 is 0 Å². The zero-order chi connectivity index (χ0) is 8.39. The summed E-state index contributed by atoms with van der Waals surface area (Å²) in [7, 11) is 0. The van der Waals surface area contributed by atoms with Crippen molar-refractivity contribution in [3.8, 4) is 0 Å². The van der Waals surface area contributed by atoms with Crippen LogP contribution in [0.15, 0.2) is 22.3 Å². The summed E-state index contributed by atoms with van der Waals surface area (Å²) in [5.41, 5.74) is 7.55. The molecule has 4 nitrogen and oxygen atoms in total. The zero-order valence-corrected chi connectivity index (χ0v) is 7.24. The zero-order valence-electron chi connectivity index (χ0n) is 6.42. The Morgan fingerprint density at radius 3 is 2.92 bits per heavy atom. The minimum absolute atomic E-state index is 0.0671. The van der Waals surface area contributed by atoms with Gasteiger partial charge in [-0.05, 0) is 12.3 Å². The summed E-state index contributed by atoms with van der Waals surface area (Å²) in [6, 6.07) is 0. The number of nitrogens with one attached hydrogen (secondary N) is 1. The summed E-state index contributed by atoms with van der Waals surface area (Å²) < 4.78 is 0. The normalized spacial score (nSPS) is 38.6. The summed E-state index contributed by atoms with van der Waals surface area (Å²) in [6.07, 6.45) is 5.46. The van der Waals surface area contributed by atoms with Crippen molar-refractivity contribution in [2.24, 2.45) is 15.7 Å². The standard InChI is InChI=1S/C7H10N4S/c8-6-5(12-4-11-6)7-9-2-1-3-10-7/h1-7,9H,8H2. The number of nitrogens with two attached hydrogens (primary N) is 1. The van der Waals surface area contributed by atoms with Gasteiger partial charge in [-0.25, -0.2) is 0 Å². The first-order chi connectivity index (χ1) is 5.88. The number of thioether (sulfide) groups is 1. The molecule has 3 atom stereocenters. The fourth-order valence-corrected chi connectivity index (χ4v) is 2.04. The molecule has 2 heterocycles. The van der Waals surface area contributed by atoms with Gasteiger partial charge >= 0.3 is 0 Å². The maximum atomic E-state index is 5.75. The van der Waals surface area contributed by atoms with Crippen molar-refractivity contribution < 1.29 is 0 Å². The molecule has 0 spiro atoms. The highest BCUT2D eigenvalue weighted by Gasteiger charge is 2.29. The van der Waals surface area contributed by atoms with Crippen LogP contribution in [0.4, 0.5) is 0 Å². The molecule has 64 valence electrons. The molecule has 2 aliphatic heterocycles. The van der Waals surface area contributed by atoms with E-state index in [1.54, 1.807) is 23.5 Å². The highest BCUT2D eigenvalue weighted by Crippen LogP contribution is 2.23. The van der Waals surface area contributed by atoms with E-state index in [1.165, 1.54) is 0 Å².